The van der Waals surface area contributed by atoms with E-state index < -0.39 is 0 Å². The van der Waals surface area contributed by atoms with Gasteiger partial charge in [-0.2, -0.15) is 0 Å². The van der Waals surface area contributed by atoms with Gasteiger partial charge in [-0.1, -0.05) is 54.1 Å². The van der Waals surface area contributed by atoms with Crippen LogP contribution in [0.5, 0.6) is 5.75 Å². The minimum absolute atomic E-state index is 0.0982. The Bertz CT molecular complexity index is 903. The molecule has 0 aliphatic heterocycles. The molecule has 0 heterocycles. The number of anilines is 1. The number of ether oxygens (including phenoxy) is 1. The third kappa shape index (κ3) is 5.22. The van der Waals surface area contributed by atoms with Crippen LogP contribution in [0.2, 0.25) is 5.02 Å². The lowest BCUT2D eigenvalue weighted by molar-refractivity contribution is -0.114. The molecule has 0 fully saturated rings. The number of nitrogens with zero attached hydrogens (tertiary/aromatic N) is 1. The van der Waals surface area contributed by atoms with Crippen molar-refractivity contribution >= 4 is 29.3 Å². The molecule has 3 aromatic carbocycles. The number of benzene rings is 3. The van der Waals surface area contributed by atoms with Crippen LogP contribution in [0.1, 0.15) is 11.1 Å². The van der Waals surface area contributed by atoms with Crippen LogP contribution in [0, 0.1) is 0 Å². The number of rotatable bonds is 6. The molecule has 0 saturated carbocycles. The van der Waals surface area contributed by atoms with E-state index in [-0.39, 0.29) is 5.91 Å². The van der Waals surface area contributed by atoms with Gasteiger partial charge in [-0.15, -0.1) is 0 Å². The molecule has 0 unspecified atom stereocenters. The highest BCUT2D eigenvalue weighted by Crippen LogP contribution is 2.22. The first-order valence-electron chi connectivity index (χ1n) is 8.59. The summed E-state index contributed by atoms with van der Waals surface area (Å²) in [6.07, 6.45) is 3.41. The molecule has 3 aromatic rings. The highest BCUT2D eigenvalue weighted by molar-refractivity contribution is 6.30. The fourth-order valence-electron chi connectivity index (χ4n) is 2.65. The summed E-state index contributed by atoms with van der Waals surface area (Å²) in [4.78, 5) is 14.6. The Balaban J connectivity index is 1.86. The molecule has 3 nitrogen and oxygen atoms in total. The van der Waals surface area contributed by atoms with Crippen LogP contribution < -0.4 is 9.64 Å². The number of methoxy groups -OCH3 is 1. The van der Waals surface area contributed by atoms with Crippen LogP contribution in [0.25, 0.3) is 6.08 Å². The first-order chi connectivity index (χ1) is 13.2. The van der Waals surface area contributed by atoms with Crippen LogP contribution in [-0.2, 0) is 11.3 Å². The standard InChI is InChI=1S/C23H20ClNO2/c1-27-22-14-12-21(13-15-22)25(17-19-7-10-20(24)11-8-19)23(26)16-9-18-5-3-2-4-6-18/h2-16H,17H2,1H3. The number of hydrogen-bond acceptors (Lipinski definition) is 2. The third-order valence-corrected chi connectivity index (χ3v) is 4.37. The second kappa shape index (κ2) is 9.06. The molecule has 136 valence electrons. The van der Waals surface area contributed by atoms with Crippen molar-refractivity contribution in [1.82, 2.24) is 0 Å². The Morgan fingerprint density at radius 1 is 0.963 bits per heavy atom. The first kappa shape index (κ1) is 18.7. The Morgan fingerprint density at radius 2 is 1.63 bits per heavy atom. The lowest BCUT2D eigenvalue weighted by Crippen LogP contribution is -2.28. The normalized spacial score (nSPS) is 10.7. The van der Waals surface area contributed by atoms with E-state index in [1.165, 1.54) is 0 Å². The molecule has 0 aliphatic rings. The van der Waals surface area contributed by atoms with Crippen molar-refractivity contribution in [2.75, 3.05) is 12.0 Å². The number of hydrogen-bond donors (Lipinski definition) is 0. The predicted molar refractivity (Wildman–Crippen MR) is 111 cm³/mol. The van der Waals surface area contributed by atoms with E-state index >= 15 is 0 Å². The number of carbonyl (C=O) groups excluding carboxylic acids is 1. The average Bonchev–Trinajstić information content (AvgIpc) is 2.72. The summed E-state index contributed by atoms with van der Waals surface area (Å²) in [5.41, 5.74) is 2.78. The van der Waals surface area contributed by atoms with E-state index in [9.17, 15) is 4.79 Å². The smallest absolute Gasteiger partial charge is 0.251 e. The quantitative estimate of drug-likeness (QED) is 0.523. The topological polar surface area (TPSA) is 29.5 Å². The van der Waals surface area contributed by atoms with E-state index in [0.717, 1.165) is 22.6 Å². The van der Waals surface area contributed by atoms with Gasteiger partial charge in [0.2, 0.25) is 0 Å². The van der Waals surface area contributed by atoms with Crippen molar-refractivity contribution in [3.8, 4) is 5.75 Å². The lowest BCUT2D eigenvalue weighted by atomic mass is 10.1. The maximum Gasteiger partial charge on any atom is 0.251 e. The van der Waals surface area contributed by atoms with E-state index in [0.29, 0.717) is 11.6 Å². The second-order valence-corrected chi connectivity index (χ2v) is 6.43. The van der Waals surface area contributed by atoms with Gasteiger partial charge in [0.15, 0.2) is 0 Å². The van der Waals surface area contributed by atoms with Gasteiger partial charge < -0.3 is 9.64 Å². The van der Waals surface area contributed by atoms with Gasteiger partial charge in [-0.05, 0) is 53.6 Å². The Kier molecular flexibility index (Phi) is 6.29. The number of carbonyl (C=O) groups is 1. The summed E-state index contributed by atoms with van der Waals surface area (Å²) in [5, 5.41) is 0.671. The van der Waals surface area contributed by atoms with Crippen molar-refractivity contribution in [1.29, 1.82) is 0 Å². The van der Waals surface area contributed by atoms with Crippen molar-refractivity contribution in [3.05, 3.63) is 101 Å². The van der Waals surface area contributed by atoms with Crippen LogP contribution >= 0.6 is 11.6 Å². The summed E-state index contributed by atoms with van der Waals surface area (Å²) < 4.78 is 5.21. The Labute approximate surface area is 164 Å². The Morgan fingerprint density at radius 3 is 2.26 bits per heavy atom. The summed E-state index contributed by atoms with van der Waals surface area (Å²) in [6, 6.07) is 24.7. The van der Waals surface area contributed by atoms with Crippen molar-refractivity contribution in [3.63, 3.8) is 0 Å². The molecule has 1 amide bonds. The monoisotopic (exact) mass is 377 g/mol. The average molecular weight is 378 g/mol. The van der Waals surface area contributed by atoms with E-state index in [4.69, 9.17) is 16.3 Å². The Hall–Kier alpha value is -3.04. The summed E-state index contributed by atoms with van der Waals surface area (Å²) in [7, 11) is 1.62. The van der Waals surface area contributed by atoms with Gasteiger partial charge in [0.05, 0.1) is 13.7 Å². The zero-order chi connectivity index (χ0) is 19.1. The maximum absolute atomic E-state index is 12.9. The minimum atomic E-state index is -0.0982. The van der Waals surface area contributed by atoms with Gasteiger partial charge in [-0.3, -0.25) is 4.79 Å². The van der Waals surface area contributed by atoms with Crippen molar-refractivity contribution in [2.24, 2.45) is 0 Å². The summed E-state index contributed by atoms with van der Waals surface area (Å²) in [6.45, 7) is 0.446. The minimum Gasteiger partial charge on any atom is -0.497 e. The molecule has 0 N–H and O–H groups in total. The van der Waals surface area contributed by atoms with Gasteiger partial charge in [0.25, 0.3) is 5.91 Å². The molecule has 0 aromatic heterocycles. The van der Waals surface area contributed by atoms with E-state index in [1.54, 1.807) is 18.1 Å². The molecule has 0 aliphatic carbocycles. The largest absolute Gasteiger partial charge is 0.497 e. The molecule has 0 saturated heterocycles. The van der Waals surface area contributed by atoms with Crippen molar-refractivity contribution < 1.29 is 9.53 Å². The third-order valence-electron chi connectivity index (χ3n) is 4.12. The van der Waals surface area contributed by atoms with Gasteiger partial charge in [0.1, 0.15) is 5.75 Å². The zero-order valence-corrected chi connectivity index (χ0v) is 15.8. The highest BCUT2D eigenvalue weighted by atomic mass is 35.5. The fourth-order valence-corrected chi connectivity index (χ4v) is 2.78. The molecule has 3 rings (SSSR count). The molecule has 0 bridgehead atoms. The van der Waals surface area contributed by atoms with Gasteiger partial charge >= 0.3 is 0 Å². The summed E-state index contributed by atoms with van der Waals surface area (Å²) in [5.74, 6) is 0.649. The molecule has 4 heteroatoms. The number of halogens is 1. The molecule has 0 atom stereocenters. The maximum atomic E-state index is 12.9. The SMILES string of the molecule is COc1ccc(N(Cc2ccc(Cl)cc2)C(=O)C=Cc2ccccc2)cc1. The van der Waals surface area contributed by atoms with Gasteiger partial charge in [-0.25, -0.2) is 0 Å². The molecule has 0 spiro atoms. The van der Waals surface area contributed by atoms with Crippen LogP contribution in [0.3, 0.4) is 0 Å². The number of amides is 1. The van der Waals surface area contributed by atoms with Crippen LogP contribution in [0.4, 0.5) is 5.69 Å². The predicted octanol–water partition coefficient (Wildman–Crippen LogP) is 5.60. The zero-order valence-electron chi connectivity index (χ0n) is 15.0. The van der Waals surface area contributed by atoms with E-state index in [1.807, 2.05) is 84.9 Å². The van der Waals surface area contributed by atoms with Gasteiger partial charge in [0, 0.05) is 16.8 Å². The molecular weight excluding hydrogens is 358 g/mol. The second-order valence-electron chi connectivity index (χ2n) is 5.99. The lowest BCUT2D eigenvalue weighted by Gasteiger charge is -2.22. The van der Waals surface area contributed by atoms with Crippen LogP contribution in [0.15, 0.2) is 84.9 Å². The van der Waals surface area contributed by atoms with Crippen molar-refractivity contribution in [2.45, 2.75) is 6.54 Å². The molecule has 27 heavy (non-hydrogen) atoms. The molecule has 0 radical (unpaired) electrons. The fraction of sp³-hybridized carbons (Fsp3) is 0.0870. The first-order valence-corrected chi connectivity index (χ1v) is 8.96. The summed E-state index contributed by atoms with van der Waals surface area (Å²) >= 11 is 5.97. The van der Waals surface area contributed by atoms with Crippen LogP contribution in [-0.4, -0.2) is 13.0 Å². The van der Waals surface area contributed by atoms with E-state index in [2.05, 4.69) is 0 Å². The molecular formula is C23H20ClNO2. The highest BCUT2D eigenvalue weighted by Gasteiger charge is 2.14.